The molecular formula is C14H12Cl2FNO. The molecular weight excluding hydrogens is 288 g/mol. The Kier molecular flexibility index (Phi) is 4.64. The third-order valence-electron chi connectivity index (χ3n) is 2.57. The Morgan fingerprint density at radius 1 is 1.11 bits per heavy atom. The first-order valence-electron chi connectivity index (χ1n) is 5.65. The van der Waals surface area contributed by atoms with Gasteiger partial charge in [0.15, 0.2) is 0 Å². The molecule has 0 unspecified atom stereocenters. The molecule has 0 aromatic heterocycles. The summed E-state index contributed by atoms with van der Waals surface area (Å²) in [6.07, 6.45) is 0. The Hall–Kier alpha value is -1.29. The molecule has 2 N–H and O–H groups in total. The first-order chi connectivity index (χ1) is 9.08. The maximum absolute atomic E-state index is 13.3. The van der Waals surface area contributed by atoms with Crippen LogP contribution in [0.5, 0.6) is 5.75 Å². The molecule has 0 aliphatic carbocycles. The van der Waals surface area contributed by atoms with Crippen LogP contribution in [-0.2, 0) is 13.2 Å². The van der Waals surface area contributed by atoms with Gasteiger partial charge in [0.2, 0.25) is 0 Å². The second-order valence-electron chi connectivity index (χ2n) is 4.02. The van der Waals surface area contributed by atoms with Crippen molar-refractivity contribution in [2.45, 2.75) is 13.2 Å². The van der Waals surface area contributed by atoms with E-state index in [-0.39, 0.29) is 19.0 Å². The van der Waals surface area contributed by atoms with Crippen LogP contribution >= 0.6 is 23.2 Å². The van der Waals surface area contributed by atoms with Gasteiger partial charge in [-0.1, -0.05) is 23.2 Å². The monoisotopic (exact) mass is 299 g/mol. The van der Waals surface area contributed by atoms with Crippen LogP contribution in [-0.4, -0.2) is 0 Å². The molecule has 19 heavy (non-hydrogen) atoms. The van der Waals surface area contributed by atoms with Crippen LogP contribution in [0.25, 0.3) is 0 Å². The zero-order chi connectivity index (χ0) is 13.8. The summed E-state index contributed by atoms with van der Waals surface area (Å²) in [6, 6.07) is 9.48. The Balaban J connectivity index is 2.14. The van der Waals surface area contributed by atoms with Crippen molar-refractivity contribution in [2.24, 2.45) is 5.73 Å². The molecule has 2 rings (SSSR count). The van der Waals surface area contributed by atoms with Gasteiger partial charge >= 0.3 is 0 Å². The molecule has 0 radical (unpaired) electrons. The van der Waals surface area contributed by atoms with Gasteiger partial charge in [0.1, 0.15) is 18.2 Å². The number of hydrogen-bond donors (Lipinski definition) is 1. The molecule has 0 bridgehead atoms. The second kappa shape index (κ2) is 6.24. The Morgan fingerprint density at radius 3 is 2.63 bits per heavy atom. The quantitative estimate of drug-likeness (QED) is 0.919. The number of rotatable bonds is 4. The highest BCUT2D eigenvalue weighted by atomic mass is 35.5. The van der Waals surface area contributed by atoms with E-state index in [0.29, 0.717) is 21.4 Å². The number of halogens is 3. The van der Waals surface area contributed by atoms with Crippen LogP contribution in [0.4, 0.5) is 4.39 Å². The normalized spacial score (nSPS) is 10.5. The predicted molar refractivity (Wildman–Crippen MR) is 75.1 cm³/mol. The molecule has 0 amide bonds. The van der Waals surface area contributed by atoms with E-state index >= 15 is 0 Å². The predicted octanol–water partition coefficient (Wildman–Crippen LogP) is 4.17. The average molecular weight is 300 g/mol. The molecule has 0 aliphatic heterocycles. The summed E-state index contributed by atoms with van der Waals surface area (Å²) >= 11 is 11.9. The van der Waals surface area contributed by atoms with Crippen molar-refractivity contribution in [3.05, 3.63) is 63.4 Å². The van der Waals surface area contributed by atoms with E-state index in [2.05, 4.69) is 0 Å². The van der Waals surface area contributed by atoms with Crippen molar-refractivity contribution >= 4 is 23.2 Å². The van der Waals surface area contributed by atoms with Crippen LogP contribution < -0.4 is 10.5 Å². The molecule has 0 heterocycles. The summed E-state index contributed by atoms with van der Waals surface area (Å²) in [6.45, 7) is 0.471. The summed E-state index contributed by atoms with van der Waals surface area (Å²) in [7, 11) is 0. The van der Waals surface area contributed by atoms with E-state index in [1.807, 2.05) is 0 Å². The fourth-order valence-corrected chi connectivity index (χ4v) is 2.00. The van der Waals surface area contributed by atoms with E-state index in [1.165, 1.54) is 12.1 Å². The summed E-state index contributed by atoms with van der Waals surface area (Å²) in [5.41, 5.74) is 6.89. The van der Waals surface area contributed by atoms with Crippen LogP contribution in [0.1, 0.15) is 11.1 Å². The smallest absolute Gasteiger partial charge is 0.127 e. The largest absolute Gasteiger partial charge is 0.489 e. The fraction of sp³-hybridized carbons (Fsp3) is 0.143. The van der Waals surface area contributed by atoms with Gasteiger partial charge in [0, 0.05) is 28.2 Å². The number of benzene rings is 2. The highest BCUT2D eigenvalue weighted by molar-refractivity contribution is 6.33. The summed E-state index contributed by atoms with van der Waals surface area (Å²) in [5.74, 6) is 0.0339. The summed E-state index contributed by atoms with van der Waals surface area (Å²) < 4.78 is 18.8. The minimum absolute atomic E-state index is 0.215. The van der Waals surface area contributed by atoms with Gasteiger partial charge in [0.25, 0.3) is 0 Å². The van der Waals surface area contributed by atoms with Crippen molar-refractivity contribution in [1.29, 1.82) is 0 Å². The average Bonchev–Trinajstić information content (AvgIpc) is 2.39. The highest BCUT2D eigenvalue weighted by Gasteiger charge is 2.05. The molecule has 0 aliphatic rings. The van der Waals surface area contributed by atoms with Gasteiger partial charge in [0.05, 0.1) is 0 Å². The minimum Gasteiger partial charge on any atom is -0.489 e. The van der Waals surface area contributed by atoms with Gasteiger partial charge in [-0.15, -0.1) is 0 Å². The topological polar surface area (TPSA) is 35.2 Å². The maximum Gasteiger partial charge on any atom is 0.127 e. The Bertz CT molecular complexity index is 590. The van der Waals surface area contributed by atoms with Crippen LogP contribution in [0, 0.1) is 5.82 Å². The van der Waals surface area contributed by atoms with Crippen molar-refractivity contribution in [1.82, 2.24) is 0 Å². The molecule has 5 heteroatoms. The van der Waals surface area contributed by atoms with Gasteiger partial charge < -0.3 is 10.5 Å². The molecule has 0 spiro atoms. The molecule has 0 atom stereocenters. The highest BCUT2D eigenvalue weighted by Crippen LogP contribution is 2.23. The van der Waals surface area contributed by atoms with E-state index in [1.54, 1.807) is 24.3 Å². The molecule has 2 aromatic carbocycles. The van der Waals surface area contributed by atoms with E-state index in [4.69, 9.17) is 33.7 Å². The van der Waals surface area contributed by atoms with Gasteiger partial charge in [-0.2, -0.15) is 0 Å². The lowest BCUT2D eigenvalue weighted by Gasteiger charge is -2.09. The minimum atomic E-state index is -0.379. The molecule has 2 aromatic rings. The molecule has 100 valence electrons. The molecule has 0 saturated carbocycles. The Labute approximate surface area is 120 Å². The third-order valence-corrected chi connectivity index (χ3v) is 3.17. The number of ether oxygens (including phenoxy) is 1. The van der Waals surface area contributed by atoms with Crippen molar-refractivity contribution in [2.75, 3.05) is 0 Å². The number of nitrogens with two attached hydrogens (primary N) is 1. The van der Waals surface area contributed by atoms with E-state index < -0.39 is 0 Å². The fourth-order valence-electron chi connectivity index (χ4n) is 1.64. The Morgan fingerprint density at radius 2 is 1.89 bits per heavy atom. The van der Waals surface area contributed by atoms with Crippen molar-refractivity contribution in [3.8, 4) is 5.75 Å². The second-order valence-corrected chi connectivity index (χ2v) is 4.87. The van der Waals surface area contributed by atoms with Gasteiger partial charge in [-0.25, -0.2) is 4.39 Å². The third kappa shape index (κ3) is 3.83. The lowest BCUT2D eigenvalue weighted by Crippen LogP contribution is -2.00. The summed E-state index contributed by atoms with van der Waals surface area (Å²) in [4.78, 5) is 0. The molecule has 0 fully saturated rings. The van der Waals surface area contributed by atoms with E-state index in [9.17, 15) is 4.39 Å². The van der Waals surface area contributed by atoms with Crippen LogP contribution in [0.3, 0.4) is 0 Å². The van der Waals surface area contributed by atoms with Crippen molar-refractivity contribution < 1.29 is 9.13 Å². The molecule has 2 nitrogen and oxygen atoms in total. The van der Waals surface area contributed by atoms with Crippen LogP contribution in [0.2, 0.25) is 10.0 Å². The standard InChI is InChI=1S/C14H12Cl2FNO/c15-11-1-2-14(16)10(5-11)8-19-13-4-9(7-18)3-12(17)6-13/h1-6H,7-8,18H2. The van der Waals surface area contributed by atoms with Crippen LogP contribution in [0.15, 0.2) is 36.4 Å². The molecule has 0 saturated heterocycles. The first kappa shape index (κ1) is 14.1. The lowest BCUT2D eigenvalue weighted by atomic mass is 10.2. The van der Waals surface area contributed by atoms with Gasteiger partial charge in [-0.05, 0) is 35.9 Å². The van der Waals surface area contributed by atoms with Crippen molar-refractivity contribution in [3.63, 3.8) is 0 Å². The lowest BCUT2D eigenvalue weighted by molar-refractivity contribution is 0.304. The first-order valence-corrected chi connectivity index (χ1v) is 6.40. The summed E-state index contributed by atoms with van der Waals surface area (Å²) in [5, 5.41) is 1.13. The maximum atomic E-state index is 13.3. The zero-order valence-corrected chi connectivity index (χ0v) is 11.5. The SMILES string of the molecule is NCc1cc(F)cc(OCc2cc(Cl)ccc2Cl)c1. The van der Waals surface area contributed by atoms with E-state index in [0.717, 1.165) is 5.56 Å². The number of hydrogen-bond acceptors (Lipinski definition) is 2. The zero-order valence-electron chi connectivity index (χ0n) is 10.00. The van der Waals surface area contributed by atoms with Gasteiger partial charge in [-0.3, -0.25) is 0 Å².